The quantitative estimate of drug-likeness (QED) is 0.277. The summed E-state index contributed by atoms with van der Waals surface area (Å²) in [6, 6.07) is 9.62. The Morgan fingerprint density at radius 1 is 1.03 bits per heavy atom. The van der Waals surface area contributed by atoms with Gasteiger partial charge in [0.15, 0.2) is 5.13 Å². The molecule has 0 aliphatic carbocycles. The standard InChI is InChI=1S/C26H35ClN4O4S2/c1-6-9-16-29(4)37(33,34)20-12-10-19(11-13-20)25(32)31(18-17-30(7-2)8-3)26-28-23-22(35-5)15-14-21(27)24(23)36-26/h10-15H,6-9,16-18H2,1-5H3. The fraction of sp³-hybridized carbons (Fsp3) is 0.462. The van der Waals surface area contributed by atoms with Gasteiger partial charge >= 0.3 is 0 Å². The number of sulfonamides is 1. The minimum absolute atomic E-state index is 0.161. The predicted octanol–water partition coefficient (Wildman–Crippen LogP) is 5.37. The second-order valence-electron chi connectivity index (χ2n) is 8.61. The third-order valence-corrected chi connectivity index (χ3v) is 9.72. The van der Waals surface area contributed by atoms with Gasteiger partial charge < -0.3 is 9.64 Å². The summed E-state index contributed by atoms with van der Waals surface area (Å²) in [5.74, 6) is 0.324. The van der Waals surface area contributed by atoms with E-state index < -0.39 is 10.0 Å². The highest BCUT2D eigenvalue weighted by Crippen LogP contribution is 2.39. The monoisotopic (exact) mass is 566 g/mol. The number of methoxy groups -OCH3 is 1. The van der Waals surface area contributed by atoms with Gasteiger partial charge in [-0.05, 0) is 55.9 Å². The fourth-order valence-corrected chi connectivity index (χ4v) is 6.38. The number of thiazole rings is 1. The summed E-state index contributed by atoms with van der Waals surface area (Å²) in [7, 11) is -0.477. The summed E-state index contributed by atoms with van der Waals surface area (Å²) in [6.45, 7) is 9.41. The van der Waals surface area contributed by atoms with Crippen molar-refractivity contribution in [2.75, 3.05) is 51.8 Å². The number of benzene rings is 2. The SMILES string of the molecule is CCCCN(C)S(=O)(=O)c1ccc(C(=O)N(CCN(CC)CC)c2nc3c(OC)ccc(Cl)c3s2)cc1. The van der Waals surface area contributed by atoms with E-state index in [-0.39, 0.29) is 10.8 Å². The van der Waals surface area contributed by atoms with Crippen LogP contribution in [0.4, 0.5) is 5.13 Å². The van der Waals surface area contributed by atoms with E-state index in [1.54, 1.807) is 43.3 Å². The Morgan fingerprint density at radius 2 is 1.70 bits per heavy atom. The third kappa shape index (κ3) is 6.61. The molecule has 0 spiro atoms. The average molecular weight is 567 g/mol. The van der Waals surface area contributed by atoms with Crippen molar-refractivity contribution in [2.24, 2.45) is 0 Å². The number of unbranched alkanes of at least 4 members (excludes halogenated alkanes) is 1. The number of hydrogen-bond acceptors (Lipinski definition) is 7. The molecule has 37 heavy (non-hydrogen) atoms. The Balaban J connectivity index is 1.96. The van der Waals surface area contributed by atoms with Gasteiger partial charge in [0.1, 0.15) is 11.3 Å². The molecule has 0 aliphatic rings. The van der Waals surface area contributed by atoms with Crippen LogP contribution >= 0.6 is 22.9 Å². The molecule has 0 fully saturated rings. The van der Waals surface area contributed by atoms with Gasteiger partial charge in [0.25, 0.3) is 5.91 Å². The van der Waals surface area contributed by atoms with Crippen molar-refractivity contribution in [2.45, 2.75) is 38.5 Å². The Labute approximate surface area is 228 Å². The van der Waals surface area contributed by atoms with Gasteiger partial charge in [0, 0.05) is 32.2 Å². The third-order valence-electron chi connectivity index (χ3n) is 6.31. The van der Waals surface area contributed by atoms with Crippen LogP contribution in [-0.2, 0) is 10.0 Å². The maximum Gasteiger partial charge on any atom is 0.260 e. The number of amides is 1. The van der Waals surface area contributed by atoms with E-state index in [1.165, 1.54) is 27.8 Å². The van der Waals surface area contributed by atoms with Crippen molar-refractivity contribution in [3.63, 3.8) is 0 Å². The predicted molar refractivity (Wildman–Crippen MR) is 152 cm³/mol. The number of aromatic nitrogens is 1. The number of nitrogens with zero attached hydrogens (tertiary/aromatic N) is 4. The van der Waals surface area contributed by atoms with Crippen LogP contribution in [0.3, 0.4) is 0 Å². The molecule has 1 heterocycles. The lowest BCUT2D eigenvalue weighted by molar-refractivity contribution is 0.0983. The molecule has 1 aromatic heterocycles. The van der Waals surface area contributed by atoms with Gasteiger partial charge in [-0.15, -0.1) is 0 Å². The van der Waals surface area contributed by atoms with Crippen molar-refractivity contribution in [3.8, 4) is 5.75 Å². The van der Waals surface area contributed by atoms with Crippen molar-refractivity contribution >= 4 is 54.2 Å². The van der Waals surface area contributed by atoms with Crippen LogP contribution in [0.25, 0.3) is 10.2 Å². The first-order valence-corrected chi connectivity index (χ1v) is 15.0. The zero-order valence-electron chi connectivity index (χ0n) is 22.0. The van der Waals surface area contributed by atoms with Gasteiger partial charge in [0.2, 0.25) is 10.0 Å². The molecule has 3 rings (SSSR count). The van der Waals surface area contributed by atoms with Crippen molar-refractivity contribution in [1.82, 2.24) is 14.2 Å². The van der Waals surface area contributed by atoms with Gasteiger partial charge in [0.05, 0.1) is 21.7 Å². The zero-order valence-corrected chi connectivity index (χ0v) is 24.4. The minimum Gasteiger partial charge on any atom is -0.494 e. The number of likely N-dealkylation sites (N-methyl/N-ethyl adjacent to an activating group) is 1. The molecule has 0 N–H and O–H groups in total. The highest BCUT2D eigenvalue weighted by atomic mass is 35.5. The molecule has 0 radical (unpaired) electrons. The largest absolute Gasteiger partial charge is 0.494 e. The van der Waals surface area contributed by atoms with E-state index in [4.69, 9.17) is 21.3 Å². The number of rotatable bonds is 13. The number of carbonyl (C=O) groups excluding carboxylic acids is 1. The summed E-state index contributed by atoms with van der Waals surface area (Å²) in [5, 5.41) is 1.05. The summed E-state index contributed by atoms with van der Waals surface area (Å²) in [5.41, 5.74) is 0.985. The highest BCUT2D eigenvalue weighted by molar-refractivity contribution is 7.89. The van der Waals surface area contributed by atoms with Crippen molar-refractivity contribution in [1.29, 1.82) is 0 Å². The maximum atomic E-state index is 13.7. The van der Waals surface area contributed by atoms with Crippen LogP contribution in [0.1, 0.15) is 44.0 Å². The van der Waals surface area contributed by atoms with E-state index in [0.717, 1.165) is 30.6 Å². The van der Waals surface area contributed by atoms with Gasteiger partial charge in [-0.3, -0.25) is 9.69 Å². The lowest BCUT2D eigenvalue weighted by Gasteiger charge is -2.25. The molecule has 3 aromatic rings. The molecule has 1 amide bonds. The van der Waals surface area contributed by atoms with Crippen LogP contribution in [0.15, 0.2) is 41.3 Å². The molecular formula is C26H35ClN4O4S2. The van der Waals surface area contributed by atoms with Crippen LogP contribution in [-0.4, -0.2) is 75.4 Å². The van der Waals surface area contributed by atoms with Crippen LogP contribution < -0.4 is 9.64 Å². The first-order valence-electron chi connectivity index (χ1n) is 12.4. The Bertz CT molecular complexity index is 1310. The fourth-order valence-electron chi connectivity index (χ4n) is 3.89. The highest BCUT2D eigenvalue weighted by Gasteiger charge is 2.25. The summed E-state index contributed by atoms with van der Waals surface area (Å²) >= 11 is 7.76. The molecule has 2 aromatic carbocycles. The lowest BCUT2D eigenvalue weighted by atomic mass is 10.2. The van der Waals surface area contributed by atoms with E-state index in [2.05, 4.69) is 18.7 Å². The van der Waals surface area contributed by atoms with Crippen LogP contribution in [0, 0.1) is 0 Å². The molecule has 0 saturated carbocycles. The summed E-state index contributed by atoms with van der Waals surface area (Å²) < 4.78 is 33.4. The van der Waals surface area contributed by atoms with E-state index in [1.807, 2.05) is 6.92 Å². The number of ether oxygens (including phenoxy) is 1. The molecule has 0 atom stereocenters. The van der Waals surface area contributed by atoms with E-state index >= 15 is 0 Å². The molecule has 0 aliphatic heterocycles. The molecule has 11 heteroatoms. The zero-order chi connectivity index (χ0) is 27.2. The summed E-state index contributed by atoms with van der Waals surface area (Å²) in [6.07, 6.45) is 1.68. The van der Waals surface area contributed by atoms with Crippen LogP contribution in [0.5, 0.6) is 5.75 Å². The first-order chi connectivity index (χ1) is 17.7. The molecular weight excluding hydrogens is 532 g/mol. The molecule has 0 unspecified atom stereocenters. The van der Waals surface area contributed by atoms with Crippen LogP contribution in [0.2, 0.25) is 5.02 Å². The number of anilines is 1. The maximum absolute atomic E-state index is 13.7. The molecule has 8 nitrogen and oxygen atoms in total. The normalized spacial score (nSPS) is 12.0. The number of halogens is 1. The van der Waals surface area contributed by atoms with E-state index in [9.17, 15) is 13.2 Å². The topological polar surface area (TPSA) is 83.1 Å². The molecule has 0 saturated heterocycles. The molecule has 0 bridgehead atoms. The second kappa shape index (κ2) is 13.0. The van der Waals surface area contributed by atoms with Crippen molar-refractivity contribution in [3.05, 3.63) is 47.0 Å². The Hall–Kier alpha value is -2.24. The van der Waals surface area contributed by atoms with Gasteiger partial charge in [-0.25, -0.2) is 17.7 Å². The van der Waals surface area contributed by atoms with Gasteiger partial charge in [-0.1, -0.05) is 50.1 Å². The Kier molecular flexibility index (Phi) is 10.3. The molecule has 202 valence electrons. The van der Waals surface area contributed by atoms with E-state index in [0.29, 0.717) is 46.6 Å². The number of fused-ring (bicyclic) bond motifs is 1. The van der Waals surface area contributed by atoms with Gasteiger partial charge in [-0.2, -0.15) is 0 Å². The minimum atomic E-state index is -3.62. The van der Waals surface area contributed by atoms with Crippen molar-refractivity contribution < 1.29 is 17.9 Å². The smallest absolute Gasteiger partial charge is 0.260 e. The lowest BCUT2D eigenvalue weighted by Crippen LogP contribution is -2.38. The Morgan fingerprint density at radius 3 is 2.30 bits per heavy atom. The number of hydrogen-bond donors (Lipinski definition) is 0. The number of carbonyl (C=O) groups is 1. The summed E-state index contributed by atoms with van der Waals surface area (Å²) in [4.78, 5) is 22.5. The second-order valence-corrected chi connectivity index (χ2v) is 12.0. The average Bonchev–Trinajstić information content (AvgIpc) is 3.36. The first kappa shape index (κ1) is 29.3.